The molecule has 1 aliphatic heterocycles. The summed E-state index contributed by atoms with van der Waals surface area (Å²) in [5.74, 6) is 2.73. The lowest BCUT2D eigenvalue weighted by atomic mass is 9.80. The molecule has 156 valence electrons. The molecule has 3 rings (SSSR count). The molecule has 2 aliphatic rings. The van der Waals surface area contributed by atoms with Gasteiger partial charge in [-0.2, -0.15) is 0 Å². The Hall–Kier alpha value is -2.29. The van der Waals surface area contributed by atoms with E-state index >= 15 is 0 Å². The number of ether oxygens (including phenoxy) is 2. The van der Waals surface area contributed by atoms with Gasteiger partial charge in [-0.1, -0.05) is 30.9 Å². The standard InChI is InChI=1S/C24H31NO4/c1-3-17-11-13-18(14-12-17)21-16-22(23(27)25-19-8-5-6-9-19)29-24(28-4-2)20(21)10-7-15-26/h1,11-14,16,19-21,24,26H,4-10,15H2,2H3,(H,25,27)/t20-,21-,24-/m0/s1. The van der Waals surface area contributed by atoms with Gasteiger partial charge in [-0.3, -0.25) is 4.79 Å². The third-order valence-electron chi connectivity index (χ3n) is 5.79. The first-order valence-corrected chi connectivity index (χ1v) is 10.6. The van der Waals surface area contributed by atoms with E-state index in [1.165, 1.54) is 0 Å². The van der Waals surface area contributed by atoms with E-state index in [9.17, 15) is 9.90 Å². The van der Waals surface area contributed by atoms with Gasteiger partial charge in [0.15, 0.2) is 5.76 Å². The minimum absolute atomic E-state index is 0.00168. The van der Waals surface area contributed by atoms with E-state index in [1.807, 2.05) is 37.3 Å². The lowest BCUT2D eigenvalue weighted by Gasteiger charge is -2.37. The minimum Gasteiger partial charge on any atom is -0.459 e. The number of carbonyl (C=O) groups is 1. The summed E-state index contributed by atoms with van der Waals surface area (Å²) in [6.07, 6.45) is 12.6. The first-order chi connectivity index (χ1) is 14.2. The summed E-state index contributed by atoms with van der Waals surface area (Å²) in [4.78, 5) is 12.9. The highest BCUT2D eigenvalue weighted by molar-refractivity contribution is 5.92. The molecule has 1 amide bonds. The molecule has 1 heterocycles. The van der Waals surface area contributed by atoms with Crippen molar-refractivity contribution < 1.29 is 19.4 Å². The van der Waals surface area contributed by atoms with Crippen molar-refractivity contribution in [1.29, 1.82) is 0 Å². The van der Waals surface area contributed by atoms with Gasteiger partial charge in [0.05, 0.1) is 0 Å². The van der Waals surface area contributed by atoms with Crippen LogP contribution in [0.25, 0.3) is 0 Å². The zero-order valence-electron chi connectivity index (χ0n) is 17.1. The number of benzene rings is 1. The molecule has 0 bridgehead atoms. The first kappa shape index (κ1) is 21.4. The topological polar surface area (TPSA) is 67.8 Å². The Morgan fingerprint density at radius 2 is 2.03 bits per heavy atom. The van der Waals surface area contributed by atoms with Crippen molar-refractivity contribution in [3.63, 3.8) is 0 Å². The minimum atomic E-state index is -0.529. The molecule has 1 fully saturated rings. The molecule has 1 aromatic rings. The van der Waals surface area contributed by atoms with E-state index < -0.39 is 6.29 Å². The van der Waals surface area contributed by atoms with Crippen LogP contribution in [0, 0.1) is 18.3 Å². The molecule has 0 unspecified atom stereocenters. The molecule has 0 spiro atoms. The van der Waals surface area contributed by atoms with Crippen molar-refractivity contribution in [2.24, 2.45) is 5.92 Å². The highest BCUT2D eigenvalue weighted by atomic mass is 16.7. The van der Waals surface area contributed by atoms with E-state index in [0.717, 1.165) is 43.2 Å². The number of hydrogen-bond donors (Lipinski definition) is 2. The first-order valence-electron chi connectivity index (χ1n) is 10.6. The average molecular weight is 398 g/mol. The van der Waals surface area contributed by atoms with Crippen molar-refractivity contribution in [3.05, 3.63) is 47.2 Å². The van der Waals surface area contributed by atoms with Crippen LogP contribution in [-0.2, 0) is 14.3 Å². The zero-order chi connectivity index (χ0) is 20.6. The van der Waals surface area contributed by atoms with Crippen LogP contribution in [0.5, 0.6) is 0 Å². The Morgan fingerprint density at radius 3 is 2.66 bits per heavy atom. The molecule has 5 heteroatoms. The Balaban J connectivity index is 1.89. The molecular weight excluding hydrogens is 366 g/mol. The fourth-order valence-corrected chi connectivity index (χ4v) is 4.27. The van der Waals surface area contributed by atoms with Crippen molar-refractivity contribution >= 4 is 5.91 Å². The Morgan fingerprint density at radius 1 is 1.31 bits per heavy atom. The van der Waals surface area contributed by atoms with Gasteiger partial charge < -0.3 is 19.9 Å². The molecule has 29 heavy (non-hydrogen) atoms. The molecule has 0 radical (unpaired) electrons. The second kappa shape index (κ2) is 10.5. The van der Waals surface area contributed by atoms with Gasteiger partial charge >= 0.3 is 0 Å². The molecule has 1 saturated carbocycles. The summed E-state index contributed by atoms with van der Waals surface area (Å²) in [5, 5.41) is 12.5. The fraction of sp³-hybridized carbons (Fsp3) is 0.542. The largest absolute Gasteiger partial charge is 0.459 e. The van der Waals surface area contributed by atoms with Crippen LogP contribution in [0.1, 0.15) is 62.5 Å². The molecular formula is C24H31NO4. The van der Waals surface area contributed by atoms with Crippen LogP contribution in [0.4, 0.5) is 0 Å². The number of rotatable bonds is 8. The van der Waals surface area contributed by atoms with Crippen LogP contribution < -0.4 is 5.32 Å². The Bertz CT molecular complexity index is 743. The second-order valence-corrected chi connectivity index (χ2v) is 7.75. The number of amides is 1. The molecule has 2 N–H and O–H groups in total. The van der Waals surface area contributed by atoms with Crippen molar-refractivity contribution in [1.82, 2.24) is 5.32 Å². The maximum atomic E-state index is 12.9. The van der Waals surface area contributed by atoms with Crippen LogP contribution >= 0.6 is 0 Å². The number of hydrogen-bond acceptors (Lipinski definition) is 4. The number of nitrogens with one attached hydrogen (secondary N) is 1. The summed E-state index contributed by atoms with van der Waals surface area (Å²) in [6.45, 7) is 2.51. The second-order valence-electron chi connectivity index (χ2n) is 7.75. The van der Waals surface area contributed by atoms with Gasteiger partial charge in [0.2, 0.25) is 6.29 Å². The van der Waals surface area contributed by atoms with Gasteiger partial charge in [-0.15, -0.1) is 6.42 Å². The number of allylic oxidation sites excluding steroid dienone is 1. The maximum absolute atomic E-state index is 12.9. The summed E-state index contributed by atoms with van der Waals surface area (Å²) >= 11 is 0. The van der Waals surface area contributed by atoms with E-state index in [4.69, 9.17) is 15.9 Å². The fourth-order valence-electron chi connectivity index (χ4n) is 4.27. The Labute approximate surface area is 173 Å². The van der Waals surface area contributed by atoms with Gasteiger partial charge in [-0.05, 0) is 56.4 Å². The third-order valence-corrected chi connectivity index (χ3v) is 5.79. The third kappa shape index (κ3) is 5.41. The summed E-state index contributed by atoms with van der Waals surface area (Å²) < 4.78 is 11.9. The predicted molar refractivity (Wildman–Crippen MR) is 112 cm³/mol. The predicted octanol–water partition coefficient (Wildman–Crippen LogP) is 3.48. The average Bonchev–Trinajstić information content (AvgIpc) is 3.25. The zero-order valence-corrected chi connectivity index (χ0v) is 17.1. The quantitative estimate of drug-likeness (QED) is 0.659. The van der Waals surface area contributed by atoms with E-state index in [2.05, 4.69) is 11.2 Å². The molecule has 0 saturated heterocycles. The maximum Gasteiger partial charge on any atom is 0.286 e. The number of aliphatic hydroxyl groups is 1. The van der Waals surface area contributed by atoms with E-state index in [0.29, 0.717) is 18.8 Å². The normalized spacial score (nSPS) is 24.4. The number of carbonyl (C=O) groups excluding carboxylic acids is 1. The van der Waals surface area contributed by atoms with Crippen LogP contribution in [0.3, 0.4) is 0 Å². The number of aliphatic hydroxyl groups excluding tert-OH is 1. The molecule has 1 aromatic carbocycles. The SMILES string of the molecule is C#Cc1ccc([C@@H]2C=C(C(=O)NC3CCCC3)O[C@H](OCC)[C@H]2CCCO)cc1. The molecule has 3 atom stereocenters. The highest BCUT2D eigenvalue weighted by Gasteiger charge is 2.38. The summed E-state index contributed by atoms with van der Waals surface area (Å²) in [6, 6.07) is 8.05. The van der Waals surface area contributed by atoms with E-state index in [1.54, 1.807) is 0 Å². The summed E-state index contributed by atoms with van der Waals surface area (Å²) in [7, 11) is 0. The lowest BCUT2D eigenvalue weighted by molar-refractivity contribution is -0.166. The molecule has 5 nitrogen and oxygen atoms in total. The van der Waals surface area contributed by atoms with Crippen molar-refractivity contribution in [2.75, 3.05) is 13.2 Å². The van der Waals surface area contributed by atoms with Gasteiger partial charge in [0.25, 0.3) is 5.91 Å². The van der Waals surface area contributed by atoms with Crippen LogP contribution in [0.2, 0.25) is 0 Å². The monoisotopic (exact) mass is 397 g/mol. The number of terminal acetylenes is 1. The van der Waals surface area contributed by atoms with Crippen LogP contribution in [-0.4, -0.2) is 36.6 Å². The van der Waals surface area contributed by atoms with Gasteiger partial charge in [0, 0.05) is 36.7 Å². The highest BCUT2D eigenvalue weighted by Crippen LogP contribution is 2.39. The van der Waals surface area contributed by atoms with Crippen molar-refractivity contribution in [2.45, 2.75) is 63.7 Å². The van der Waals surface area contributed by atoms with Crippen molar-refractivity contribution in [3.8, 4) is 12.3 Å². The van der Waals surface area contributed by atoms with Crippen LogP contribution in [0.15, 0.2) is 36.1 Å². The van der Waals surface area contributed by atoms with E-state index in [-0.39, 0.29) is 30.4 Å². The molecule has 0 aromatic heterocycles. The summed E-state index contributed by atoms with van der Waals surface area (Å²) in [5.41, 5.74) is 1.88. The lowest BCUT2D eigenvalue weighted by Crippen LogP contribution is -2.41. The Kier molecular flexibility index (Phi) is 7.74. The smallest absolute Gasteiger partial charge is 0.286 e. The molecule has 1 aliphatic carbocycles. The van der Waals surface area contributed by atoms with Gasteiger partial charge in [0.1, 0.15) is 0 Å². The van der Waals surface area contributed by atoms with Gasteiger partial charge in [-0.25, -0.2) is 0 Å².